The molecule has 0 saturated carbocycles. The van der Waals surface area contributed by atoms with E-state index in [1.807, 2.05) is 0 Å². The smallest absolute Gasteiger partial charge is 0.248 e. The summed E-state index contributed by atoms with van der Waals surface area (Å²) in [4.78, 5) is 16.0. The van der Waals surface area contributed by atoms with Gasteiger partial charge in [-0.05, 0) is 6.42 Å². The molecule has 4 heteroatoms. The molecule has 0 rings (SSSR count). The van der Waals surface area contributed by atoms with E-state index in [0.29, 0.717) is 12.8 Å². The van der Waals surface area contributed by atoms with Crippen LogP contribution in [0.5, 0.6) is 0 Å². The molecule has 0 aromatic heterocycles. The van der Waals surface area contributed by atoms with Crippen molar-refractivity contribution >= 4 is 5.91 Å². The fourth-order valence-electron chi connectivity index (χ4n) is 0.874. The van der Waals surface area contributed by atoms with E-state index in [0.717, 1.165) is 0 Å². The van der Waals surface area contributed by atoms with Crippen LogP contribution in [0.15, 0.2) is 12.7 Å². The van der Waals surface area contributed by atoms with Gasteiger partial charge in [-0.3, -0.25) is 9.63 Å². The van der Waals surface area contributed by atoms with E-state index < -0.39 is 0 Å². The van der Waals surface area contributed by atoms with Gasteiger partial charge in [0.15, 0.2) is 0 Å². The summed E-state index contributed by atoms with van der Waals surface area (Å²) >= 11 is 0. The van der Waals surface area contributed by atoms with Gasteiger partial charge in [0.05, 0.1) is 19.6 Å². The van der Waals surface area contributed by atoms with Crippen LogP contribution in [-0.4, -0.2) is 38.3 Å². The van der Waals surface area contributed by atoms with Crippen molar-refractivity contribution in [3.05, 3.63) is 12.7 Å². The third-order valence-electron chi connectivity index (χ3n) is 1.79. The summed E-state index contributed by atoms with van der Waals surface area (Å²) in [6, 6.07) is 0. The lowest BCUT2D eigenvalue weighted by molar-refractivity contribution is -0.171. The van der Waals surface area contributed by atoms with Crippen molar-refractivity contribution in [1.82, 2.24) is 5.06 Å². The summed E-state index contributed by atoms with van der Waals surface area (Å²) in [5.41, 5.74) is 0. The second-order valence-electron chi connectivity index (χ2n) is 2.66. The minimum absolute atomic E-state index is 0.101. The average Bonchev–Trinajstić information content (AvgIpc) is 2.15. The molecule has 0 aromatic rings. The first kappa shape index (κ1) is 12.1. The second-order valence-corrected chi connectivity index (χ2v) is 2.66. The molecule has 1 amide bonds. The molecular weight excluding hydrogens is 170 g/mol. The fourth-order valence-corrected chi connectivity index (χ4v) is 0.874. The topological polar surface area (TPSA) is 38.8 Å². The van der Waals surface area contributed by atoms with Gasteiger partial charge in [0.25, 0.3) is 0 Å². The van der Waals surface area contributed by atoms with Gasteiger partial charge in [0, 0.05) is 14.2 Å². The van der Waals surface area contributed by atoms with Crippen LogP contribution in [0.4, 0.5) is 0 Å². The van der Waals surface area contributed by atoms with Crippen molar-refractivity contribution in [1.29, 1.82) is 0 Å². The Balaban J connectivity index is 3.92. The van der Waals surface area contributed by atoms with E-state index in [9.17, 15) is 4.79 Å². The zero-order valence-corrected chi connectivity index (χ0v) is 8.45. The molecule has 0 spiro atoms. The van der Waals surface area contributed by atoms with Gasteiger partial charge in [-0.2, -0.15) is 0 Å². The van der Waals surface area contributed by atoms with E-state index in [1.165, 1.54) is 12.2 Å². The van der Waals surface area contributed by atoms with E-state index in [4.69, 9.17) is 9.57 Å². The second kappa shape index (κ2) is 6.62. The van der Waals surface area contributed by atoms with E-state index in [-0.39, 0.29) is 12.0 Å². The predicted molar refractivity (Wildman–Crippen MR) is 50.0 cm³/mol. The van der Waals surface area contributed by atoms with E-state index in [1.54, 1.807) is 20.2 Å². The Kier molecular flexibility index (Phi) is 6.18. The number of ether oxygens (including phenoxy) is 1. The van der Waals surface area contributed by atoms with Crippen LogP contribution in [0.25, 0.3) is 0 Å². The molecule has 0 aliphatic rings. The first-order valence-corrected chi connectivity index (χ1v) is 4.10. The average molecular weight is 187 g/mol. The number of rotatable bonds is 6. The molecular formula is C9H17NO3. The highest BCUT2D eigenvalue weighted by Crippen LogP contribution is 2.05. The normalized spacial score (nSPS) is 12.2. The van der Waals surface area contributed by atoms with Crippen LogP contribution in [0, 0.1) is 0 Å². The third-order valence-corrected chi connectivity index (χ3v) is 1.79. The summed E-state index contributed by atoms with van der Waals surface area (Å²) in [7, 11) is 4.60. The molecule has 0 N–H and O–H groups in total. The molecule has 4 nitrogen and oxygen atoms in total. The van der Waals surface area contributed by atoms with Crippen LogP contribution in [0.1, 0.15) is 12.8 Å². The standard InChI is InChI=1S/C9H17NO3/c1-5-6-8(12-3)7-9(11)10(2)13-4/h5,8H,1,6-7H2,2-4H3. The van der Waals surface area contributed by atoms with Crippen molar-refractivity contribution in [2.45, 2.75) is 18.9 Å². The molecule has 13 heavy (non-hydrogen) atoms. The van der Waals surface area contributed by atoms with Crippen molar-refractivity contribution in [2.75, 3.05) is 21.3 Å². The maximum Gasteiger partial charge on any atom is 0.248 e. The Bertz CT molecular complexity index is 170. The van der Waals surface area contributed by atoms with Crippen LogP contribution in [0.3, 0.4) is 0 Å². The summed E-state index contributed by atoms with van der Waals surface area (Å²) in [6.07, 6.45) is 2.60. The lowest BCUT2D eigenvalue weighted by Gasteiger charge is -2.17. The summed E-state index contributed by atoms with van der Waals surface area (Å²) in [5.74, 6) is -0.101. The minimum Gasteiger partial charge on any atom is -0.381 e. The van der Waals surface area contributed by atoms with Gasteiger partial charge >= 0.3 is 0 Å². The lowest BCUT2D eigenvalue weighted by atomic mass is 10.2. The van der Waals surface area contributed by atoms with Crippen molar-refractivity contribution < 1.29 is 14.4 Å². The number of hydroxylamine groups is 2. The molecule has 0 radical (unpaired) electrons. The summed E-state index contributed by atoms with van der Waals surface area (Å²) in [6.45, 7) is 3.58. The molecule has 0 fully saturated rings. The lowest BCUT2D eigenvalue weighted by Crippen LogP contribution is -2.29. The molecule has 0 heterocycles. The Morgan fingerprint density at radius 1 is 1.62 bits per heavy atom. The van der Waals surface area contributed by atoms with Gasteiger partial charge in [-0.1, -0.05) is 6.08 Å². The highest BCUT2D eigenvalue weighted by atomic mass is 16.7. The van der Waals surface area contributed by atoms with Crippen LogP contribution < -0.4 is 0 Å². The number of hydrogen-bond acceptors (Lipinski definition) is 3. The molecule has 76 valence electrons. The predicted octanol–water partition coefficient (Wildman–Crippen LogP) is 0.987. The number of nitrogens with zero attached hydrogens (tertiary/aromatic N) is 1. The maximum atomic E-state index is 11.3. The quantitative estimate of drug-likeness (QED) is 0.459. The maximum absolute atomic E-state index is 11.3. The summed E-state index contributed by atoms with van der Waals surface area (Å²) in [5, 5.41) is 1.19. The Morgan fingerprint density at radius 2 is 2.23 bits per heavy atom. The minimum atomic E-state index is -0.109. The van der Waals surface area contributed by atoms with Crippen LogP contribution in [-0.2, 0) is 14.4 Å². The Labute approximate surface area is 79.1 Å². The molecule has 1 atom stereocenters. The highest BCUT2D eigenvalue weighted by Gasteiger charge is 2.14. The molecule has 0 bridgehead atoms. The first-order valence-electron chi connectivity index (χ1n) is 4.10. The molecule has 0 saturated heterocycles. The van der Waals surface area contributed by atoms with Crippen molar-refractivity contribution in [3.63, 3.8) is 0 Å². The number of amides is 1. The zero-order valence-electron chi connectivity index (χ0n) is 8.45. The zero-order chi connectivity index (χ0) is 10.3. The fraction of sp³-hybridized carbons (Fsp3) is 0.667. The van der Waals surface area contributed by atoms with Crippen molar-refractivity contribution in [2.24, 2.45) is 0 Å². The Morgan fingerprint density at radius 3 is 2.62 bits per heavy atom. The summed E-state index contributed by atoms with van der Waals surface area (Å²) < 4.78 is 5.08. The molecule has 0 aliphatic heterocycles. The molecule has 1 unspecified atom stereocenters. The van der Waals surface area contributed by atoms with Crippen LogP contribution in [0.2, 0.25) is 0 Å². The van der Waals surface area contributed by atoms with E-state index in [2.05, 4.69) is 6.58 Å². The molecule has 0 aromatic carbocycles. The van der Waals surface area contributed by atoms with Gasteiger partial charge in [0.1, 0.15) is 0 Å². The highest BCUT2D eigenvalue weighted by molar-refractivity contribution is 5.75. The largest absolute Gasteiger partial charge is 0.381 e. The van der Waals surface area contributed by atoms with Crippen LogP contribution >= 0.6 is 0 Å². The number of carbonyl (C=O) groups is 1. The Hall–Kier alpha value is -0.870. The third kappa shape index (κ3) is 4.65. The van der Waals surface area contributed by atoms with Gasteiger partial charge in [-0.15, -0.1) is 6.58 Å². The van der Waals surface area contributed by atoms with Gasteiger partial charge in [0.2, 0.25) is 5.91 Å². The van der Waals surface area contributed by atoms with Gasteiger partial charge < -0.3 is 4.74 Å². The van der Waals surface area contributed by atoms with Gasteiger partial charge in [-0.25, -0.2) is 5.06 Å². The van der Waals surface area contributed by atoms with Crippen molar-refractivity contribution in [3.8, 4) is 0 Å². The molecule has 0 aliphatic carbocycles. The number of carbonyl (C=O) groups excluding carboxylic acids is 1. The SMILES string of the molecule is C=CCC(CC(=O)N(C)OC)OC. The first-order chi connectivity index (χ1) is 6.15. The number of hydrogen-bond donors (Lipinski definition) is 0. The monoisotopic (exact) mass is 187 g/mol. The number of methoxy groups -OCH3 is 1. The van der Waals surface area contributed by atoms with E-state index >= 15 is 0 Å².